The van der Waals surface area contributed by atoms with Gasteiger partial charge in [-0.25, -0.2) is 9.59 Å². The van der Waals surface area contributed by atoms with Gasteiger partial charge in [0, 0.05) is 5.02 Å². The molecule has 3 N–H and O–H groups in total. The van der Waals surface area contributed by atoms with Crippen LogP contribution >= 0.6 is 11.6 Å². The maximum absolute atomic E-state index is 11.3. The van der Waals surface area contributed by atoms with Crippen LogP contribution in [0, 0.1) is 12.3 Å². The fraction of sp³-hybridized carbons (Fsp3) is 0.0909. The Morgan fingerprint density at radius 2 is 2.18 bits per heavy atom. The van der Waals surface area contributed by atoms with Crippen LogP contribution < -0.4 is 10.6 Å². The number of terminal acetylenes is 1. The zero-order valence-electron chi connectivity index (χ0n) is 8.66. The molecular weight excluding hydrogens is 244 g/mol. The molecule has 1 aromatic rings. The predicted octanol–water partition coefficient (Wildman–Crippen LogP) is 1.79. The quantitative estimate of drug-likeness (QED) is 0.718. The number of urea groups is 1. The summed E-state index contributed by atoms with van der Waals surface area (Å²) in [7, 11) is 0. The van der Waals surface area contributed by atoms with E-state index in [0.717, 1.165) is 0 Å². The molecule has 0 heterocycles. The van der Waals surface area contributed by atoms with E-state index in [4.69, 9.17) is 23.1 Å². The average molecular weight is 253 g/mol. The molecule has 0 bridgehead atoms. The van der Waals surface area contributed by atoms with Crippen molar-refractivity contribution in [3.63, 3.8) is 0 Å². The highest BCUT2D eigenvalue weighted by atomic mass is 35.5. The van der Waals surface area contributed by atoms with E-state index in [2.05, 4.69) is 16.6 Å². The molecule has 0 radical (unpaired) electrons. The second-order valence-corrected chi connectivity index (χ2v) is 3.44. The van der Waals surface area contributed by atoms with Gasteiger partial charge in [-0.1, -0.05) is 17.5 Å². The SMILES string of the molecule is C#CCNC(=O)Nc1cc(Cl)ccc1C(=O)O. The van der Waals surface area contributed by atoms with Crippen molar-refractivity contribution in [2.75, 3.05) is 11.9 Å². The summed E-state index contributed by atoms with van der Waals surface area (Å²) >= 11 is 5.71. The molecule has 0 saturated heterocycles. The monoisotopic (exact) mass is 252 g/mol. The normalized spacial score (nSPS) is 9.18. The van der Waals surface area contributed by atoms with Crippen molar-refractivity contribution in [2.24, 2.45) is 0 Å². The smallest absolute Gasteiger partial charge is 0.337 e. The van der Waals surface area contributed by atoms with Crippen LogP contribution in [-0.4, -0.2) is 23.7 Å². The van der Waals surface area contributed by atoms with Crippen LogP contribution in [0.3, 0.4) is 0 Å². The third-order valence-corrected chi connectivity index (χ3v) is 2.05. The van der Waals surface area contributed by atoms with E-state index in [1.54, 1.807) is 0 Å². The van der Waals surface area contributed by atoms with Gasteiger partial charge < -0.3 is 15.7 Å². The molecule has 1 rings (SSSR count). The van der Waals surface area contributed by atoms with Crippen LogP contribution in [0.25, 0.3) is 0 Å². The number of amides is 2. The van der Waals surface area contributed by atoms with Crippen LogP contribution in [0.4, 0.5) is 10.5 Å². The number of hydrogen-bond donors (Lipinski definition) is 3. The van der Waals surface area contributed by atoms with Gasteiger partial charge >= 0.3 is 12.0 Å². The minimum atomic E-state index is -1.16. The van der Waals surface area contributed by atoms with Crippen LogP contribution in [-0.2, 0) is 0 Å². The number of rotatable bonds is 3. The lowest BCUT2D eigenvalue weighted by Crippen LogP contribution is -2.29. The van der Waals surface area contributed by atoms with Crippen molar-refractivity contribution in [3.8, 4) is 12.3 Å². The van der Waals surface area contributed by atoms with E-state index >= 15 is 0 Å². The van der Waals surface area contributed by atoms with Crippen molar-refractivity contribution in [1.82, 2.24) is 5.32 Å². The molecule has 0 aliphatic carbocycles. The topological polar surface area (TPSA) is 78.4 Å². The molecule has 0 aromatic heterocycles. The summed E-state index contributed by atoms with van der Waals surface area (Å²) in [5.41, 5.74) is 0.0600. The number of halogens is 1. The van der Waals surface area contributed by atoms with Gasteiger partial charge in [0.25, 0.3) is 0 Å². The van der Waals surface area contributed by atoms with E-state index in [-0.39, 0.29) is 17.8 Å². The van der Waals surface area contributed by atoms with Crippen LogP contribution in [0.5, 0.6) is 0 Å². The number of nitrogens with one attached hydrogen (secondary N) is 2. The summed E-state index contributed by atoms with van der Waals surface area (Å²) < 4.78 is 0. The second-order valence-electron chi connectivity index (χ2n) is 3.01. The van der Waals surface area contributed by atoms with E-state index in [9.17, 15) is 9.59 Å². The van der Waals surface area contributed by atoms with E-state index in [0.29, 0.717) is 5.02 Å². The van der Waals surface area contributed by atoms with Crippen molar-refractivity contribution < 1.29 is 14.7 Å². The van der Waals surface area contributed by atoms with Gasteiger partial charge in [-0.05, 0) is 18.2 Å². The molecule has 0 saturated carbocycles. The van der Waals surface area contributed by atoms with Crippen molar-refractivity contribution in [3.05, 3.63) is 28.8 Å². The van der Waals surface area contributed by atoms with Gasteiger partial charge in [0.1, 0.15) is 0 Å². The first-order chi connectivity index (χ1) is 8.04. The lowest BCUT2D eigenvalue weighted by atomic mass is 10.2. The van der Waals surface area contributed by atoms with E-state index < -0.39 is 12.0 Å². The fourth-order valence-corrected chi connectivity index (χ4v) is 1.28. The number of carboxylic acid groups (broad SMARTS) is 1. The zero-order chi connectivity index (χ0) is 12.8. The Morgan fingerprint density at radius 1 is 1.47 bits per heavy atom. The summed E-state index contributed by atoms with van der Waals surface area (Å²) in [6, 6.07) is 3.49. The highest BCUT2D eigenvalue weighted by Crippen LogP contribution is 2.20. The third kappa shape index (κ3) is 3.70. The summed E-state index contributed by atoms with van der Waals surface area (Å²) in [4.78, 5) is 22.2. The predicted molar refractivity (Wildman–Crippen MR) is 64.3 cm³/mol. The average Bonchev–Trinajstić information content (AvgIpc) is 2.26. The Balaban J connectivity index is 2.89. The van der Waals surface area contributed by atoms with Crippen LogP contribution in [0.1, 0.15) is 10.4 Å². The number of benzene rings is 1. The molecule has 5 nitrogen and oxygen atoms in total. The zero-order valence-corrected chi connectivity index (χ0v) is 9.41. The van der Waals surface area contributed by atoms with Crippen LogP contribution in [0.2, 0.25) is 5.02 Å². The maximum Gasteiger partial charge on any atom is 0.337 e. The number of carbonyl (C=O) groups excluding carboxylic acids is 1. The lowest BCUT2D eigenvalue weighted by molar-refractivity contribution is 0.0698. The van der Waals surface area contributed by atoms with Crippen molar-refractivity contribution in [1.29, 1.82) is 0 Å². The fourth-order valence-electron chi connectivity index (χ4n) is 1.10. The molecular formula is C11H9ClN2O3. The molecule has 0 unspecified atom stereocenters. The molecule has 0 spiro atoms. The first-order valence-electron chi connectivity index (χ1n) is 4.55. The maximum atomic E-state index is 11.3. The Kier molecular flexibility index (Phi) is 4.37. The van der Waals surface area contributed by atoms with Crippen molar-refractivity contribution >= 4 is 29.3 Å². The van der Waals surface area contributed by atoms with Gasteiger partial charge in [0.05, 0.1) is 17.8 Å². The van der Waals surface area contributed by atoms with Gasteiger partial charge in [-0.2, -0.15) is 0 Å². The Morgan fingerprint density at radius 3 is 2.76 bits per heavy atom. The highest BCUT2D eigenvalue weighted by molar-refractivity contribution is 6.31. The number of anilines is 1. The molecule has 0 atom stereocenters. The van der Waals surface area contributed by atoms with Crippen LogP contribution in [0.15, 0.2) is 18.2 Å². The third-order valence-electron chi connectivity index (χ3n) is 1.81. The summed E-state index contributed by atoms with van der Waals surface area (Å²) in [5, 5.41) is 13.9. The lowest BCUT2D eigenvalue weighted by Gasteiger charge is -2.08. The molecule has 0 fully saturated rings. The second kappa shape index (κ2) is 5.77. The summed E-state index contributed by atoms with van der Waals surface area (Å²) in [6.07, 6.45) is 4.96. The molecule has 17 heavy (non-hydrogen) atoms. The van der Waals surface area contributed by atoms with E-state index in [1.807, 2.05) is 0 Å². The molecule has 0 aliphatic rings. The first kappa shape index (κ1) is 12.9. The molecule has 88 valence electrons. The minimum absolute atomic E-state index is 0.0504. The largest absolute Gasteiger partial charge is 0.478 e. The summed E-state index contributed by atoms with van der Waals surface area (Å²) in [6.45, 7) is 0.0504. The number of aromatic carboxylic acids is 1. The Labute approximate surface area is 103 Å². The van der Waals surface area contributed by atoms with Gasteiger partial charge in [0.15, 0.2) is 0 Å². The van der Waals surface area contributed by atoms with Gasteiger partial charge in [-0.3, -0.25) is 0 Å². The molecule has 6 heteroatoms. The van der Waals surface area contributed by atoms with Gasteiger partial charge in [-0.15, -0.1) is 6.42 Å². The number of carboxylic acids is 1. The molecule has 2 amide bonds. The minimum Gasteiger partial charge on any atom is -0.478 e. The highest BCUT2D eigenvalue weighted by Gasteiger charge is 2.12. The van der Waals surface area contributed by atoms with Gasteiger partial charge in [0.2, 0.25) is 0 Å². The molecule has 0 aliphatic heterocycles. The number of carbonyl (C=O) groups is 2. The molecule has 1 aromatic carbocycles. The number of hydrogen-bond acceptors (Lipinski definition) is 2. The Hall–Kier alpha value is -2.19. The first-order valence-corrected chi connectivity index (χ1v) is 4.93. The van der Waals surface area contributed by atoms with E-state index in [1.165, 1.54) is 18.2 Å². The Bertz CT molecular complexity index is 494. The standard InChI is InChI=1S/C11H9ClN2O3/c1-2-5-13-11(17)14-9-6-7(12)3-4-8(9)10(15)16/h1,3-4,6H,5H2,(H,15,16)(H2,13,14,17). The van der Waals surface area contributed by atoms with Crippen molar-refractivity contribution in [2.45, 2.75) is 0 Å². The summed E-state index contributed by atoms with van der Waals surface area (Å²) in [5.74, 6) is 1.06.